The zero-order chi connectivity index (χ0) is 13.9. The van der Waals surface area contributed by atoms with E-state index in [0.29, 0.717) is 6.54 Å². The Balaban J connectivity index is 2.11. The van der Waals surface area contributed by atoms with Crippen LogP contribution in [0.1, 0.15) is 35.8 Å². The Hall–Kier alpha value is -1.46. The van der Waals surface area contributed by atoms with Crippen LogP contribution in [0.2, 0.25) is 0 Å². The van der Waals surface area contributed by atoms with Crippen molar-refractivity contribution in [2.75, 3.05) is 20.2 Å². The van der Waals surface area contributed by atoms with E-state index in [1.165, 1.54) is 6.20 Å². The van der Waals surface area contributed by atoms with Crippen LogP contribution in [0.4, 0.5) is 0 Å². The Bertz CT molecular complexity index is 464. The maximum atomic E-state index is 11.1. The van der Waals surface area contributed by atoms with Gasteiger partial charge >= 0.3 is 5.97 Å². The molecule has 0 aliphatic carbocycles. The van der Waals surface area contributed by atoms with Crippen LogP contribution in [0, 0.1) is 0 Å². The van der Waals surface area contributed by atoms with E-state index in [9.17, 15) is 4.79 Å². The zero-order valence-corrected chi connectivity index (χ0v) is 11.4. The van der Waals surface area contributed by atoms with Crippen LogP contribution >= 0.6 is 0 Å². The molecular formula is C14H20N2O3. The third-order valence-electron chi connectivity index (χ3n) is 3.72. The van der Waals surface area contributed by atoms with E-state index in [1.54, 1.807) is 13.2 Å². The number of carbonyl (C=O) groups is 1. The fraction of sp³-hybridized carbons (Fsp3) is 0.571. The minimum absolute atomic E-state index is 0.135. The van der Waals surface area contributed by atoms with Crippen molar-refractivity contribution in [1.29, 1.82) is 0 Å². The SMILES string of the molecule is COC1(C)CCCN(Cc2cccnc2C(=O)O)C1. The van der Waals surface area contributed by atoms with Crippen molar-refractivity contribution in [3.63, 3.8) is 0 Å². The summed E-state index contributed by atoms with van der Waals surface area (Å²) in [4.78, 5) is 17.3. The molecule has 1 aliphatic heterocycles. The van der Waals surface area contributed by atoms with Gasteiger partial charge in [-0.1, -0.05) is 6.07 Å². The number of hydrogen-bond donors (Lipinski definition) is 1. The van der Waals surface area contributed by atoms with E-state index in [1.807, 2.05) is 6.07 Å². The van der Waals surface area contributed by atoms with Crippen molar-refractivity contribution < 1.29 is 14.6 Å². The Labute approximate surface area is 113 Å². The molecule has 1 unspecified atom stereocenters. The summed E-state index contributed by atoms with van der Waals surface area (Å²) >= 11 is 0. The highest BCUT2D eigenvalue weighted by Crippen LogP contribution is 2.25. The number of nitrogens with zero attached hydrogens (tertiary/aromatic N) is 2. The highest BCUT2D eigenvalue weighted by Gasteiger charge is 2.31. The summed E-state index contributed by atoms with van der Waals surface area (Å²) in [7, 11) is 1.73. The average molecular weight is 264 g/mol. The molecule has 0 spiro atoms. The van der Waals surface area contributed by atoms with Crippen molar-refractivity contribution in [2.45, 2.75) is 31.9 Å². The monoisotopic (exact) mass is 264 g/mol. The number of piperidine rings is 1. The number of ether oxygens (including phenoxy) is 1. The normalized spacial score (nSPS) is 24.3. The van der Waals surface area contributed by atoms with Gasteiger partial charge in [0.2, 0.25) is 0 Å². The first-order chi connectivity index (χ1) is 9.04. The first-order valence-corrected chi connectivity index (χ1v) is 6.49. The Morgan fingerprint density at radius 1 is 1.63 bits per heavy atom. The summed E-state index contributed by atoms with van der Waals surface area (Å²) in [5.74, 6) is -0.970. The summed E-state index contributed by atoms with van der Waals surface area (Å²) in [5, 5.41) is 9.14. The number of aromatic nitrogens is 1. The fourth-order valence-electron chi connectivity index (χ4n) is 2.61. The predicted molar refractivity (Wildman–Crippen MR) is 71.1 cm³/mol. The van der Waals surface area contributed by atoms with Gasteiger partial charge in [-0.05, 0) is 37.9 Å². The number of aromatic carboxylic acids is 1. The number of carboxylic acid groups (broad SMARTS) is 1. The second kappa shape index (κ2) is 5.67. The van der Waals surface area contributed by atoms with Crippen LogP contribution < -0.4 is 0 Å². The van der Waals surface area contributed by atoms with Crippen molar-refractivity contribution in [1.82, 2.24) is 9.88 Å². The van der Waals surface area contributed by atoms with Crippen molar-refractivity contribution in [3.8, 4) is 0 Å². The number of pyridine rings is 1. The van der Waals surface area contributed by atoms with Gasteiger partial charge in [-0.25, -0.2) is 9.78 Å². The third kappa shape index (κ3) is 3.30. The first-order valence-electron chi connectivity index (χ1n) is 6.49. The number of carboxylic acids is 1. The largest absolute Gasteiger partial charge is 0.477 e. The summed E-state index contributed by atoms with van der Waals surface area (Å²) in [6.07, 6.45) is 3.62. The van der Waals surface area contributed by atoms with E-state index in [2.05, 4.69) is 16.8 Å². The molecule has 1 N–H and O–H groups in total. The molecule has 2 heterocycles. The second-order valence-electron chi connectivity index (χ2n) is 5.28. The summed E-state index contributed by atoms with van der Waals surface area (Å²) in [6, 6.07) is 3.61. The molecule has 0 saturated carbocycles. The van der Waals surface area contributed by atoms with Gasteiger partial charge < -0.3 is 9.84 Å². The zero-order valence-electron chi connectivity index (χ0n) is 11.4. The Morgan fingerprint density at radius 2 is 2.42 bits per heavy atom. The fourth-order valence-corrected chi connectivity index (χ4v) is 2.61. The molecule has 5 nitrogen and oxygen atoms in total. The predicted octanol–water partition coefficient (Wildman–Crippen LogP) is 1.78. The summed E-state index contributed by atoms with van der Waals surface area (Å²) in [5.41, 5.74) is 0.770. The molecule has 1 atom stereocenters. The van der Waals surface area contributed by atoms with E-state index in [4.69, 9.17) is 9.84 Å². The minimum atomic E-state index is -0.970. The number of likely N-dealkylation sites (tertiary alicyclic amines) is 1. The lowest BCUT2D eigenvalue weighted by Gasteiger charge is -2.39. The molecule has 0 aromatic carbocycles. The van der Waals surface area contributed by atoms with E-state index in [0.717, 1.165) is 31.5 Å². The van der Waals surface area contributed by atoms with Crippen LogP contribution in [0.5, 0.6) is 0 Å². The highest BCUT2D eigenvalue weighted by atomic mass is 16.5. The van der Waals surface area contributed by atoms with Crippen LogP contribution in [0.3, 0.4) is 0 Å². The molecule has 1 aliphatic rings. The molecule has 19 heavy (non-hydrogen) atoms. The average Bonchev–Trinajstić information content (AvgIpc) is 2.39. The lowest BCUT2D eigenvalue weighted by molar-refractivity contribution is -0.0527. The van der Waals surface area contributed by atoms with Crippen molar-refractivity contribution in [2.24, 2.45) is 0 Å². The molecule has 1 fully saturated rings. The van der Waals surface area contributed by atoms with Gasteiger partial charge in [0.05, 0.1) is 5.60 Å². The van der Waals surface area contributed by atoms with Gasteiger partial charge in [0, 0.05) is 26.4 Å². The lowest BCUT2D eigenvalue weighted by Crippen LogP contribution is -2.47. The Morgan fingerprint density at radius 3 is 3.11 bits per heavy atom. The van der Waals surface area contributed by atoms with Gasteiger partial charge in [0.1, 0.15) is 0 Å². The molecule has 104 valence electrons. The number of rotatable bonds is 4. The topological polar surface area (TPSA) is 62.7 Å². The standard InChI is InChI=1S/C14H20N2O3/c1-14(19-2)6-4-8-16(10-14)9-11-5-3-7-15-12(11)13(17)18/h3,5,7H,4,6,8-10H2,1-2H3,(H,17,18). The second-order valence-corrected chi connectivity index (χ2v) is 5.28. The van der Waals surface area contributed by atoms with Crippen molar-refractivity contribution >= 4 is 5.97 Å². The van der Waals surface area contributed by atoms with E-state index < -0.39 is 5.97 Å². The van der Waals surface area contributed by atoms with Crippen LogP contribution in [0.15, 0.2) is 18.3 Å². The first kappa shape index (κ1) is 14.0. The van der Waals surface area contributed by atoms with Gasteiger partial charge in [-0.15, -0.1) is 0 Å². The van der Waals surface area contributed by atoms with Gasteiger partial charge in [0.15, 0.2) is 5.69 Å². The van der Waals surface area contributed by atoms with Gasteiger partial charge in [0.25, 0.3) is 0 Å². The van der Waals surface area contributed by atoms with E-state index in [-0.39, 0.29) is 11.3 Å². The maximum Gasteiger partial charge on any atom is 0.354 e. The van der Waals surface area contributed by atoms with Gasteiger partial charge in [-0.3, -0.25) is 4.90 Å². The molecule has 5 heteroatoms. The molecule has 0 radical (unpaired) electrons. The molecule has 0 bridgehead atoms. The molecular weight excluding hydrogens is 244 g/mol. The molecule has 1 aromatic heterocycles. The van der Waals surface area contributed by atoms with Crippen LogP contribution in [0.25, 0.3) is 0 Å². The molecule has 0 amide bonds. The summed E-state index contributed by atoms with van der Waals surface area (Å²) < 4.78 is 5.55. The smallest absolute Gasteiger partial charge is 0.354 e. The van der Waals surface area contributed by atoms with Crippen LogP contribution in [-0.2, 0) is 11.3 Å². The Kier molecular flexibility index (Phi) is 4.17. The third-order valence-corrected chi connectivity index (χ3v) is 3.72. The maximum absolute atomic E-state index is 11.1. The summed E-state index contributed by atoms with van der Waals surface area (Å²) in [6.45, 7) is 4.49. The highest BCUT2D eigenvalue weighted by molar-refractivity contribution is 5.86. The lowest BCUT2D eigenvalue weighted by atomic mass is 9.94. The molecule has 1 aromatic rings. The minimum Gasteiger partial charge on any atom is -0.477 e. The number of methoxy groups -OCH3 is 1. The van der Waals surface area contributed by atoms with Gasteiger partial charge in [-0.2, -0.15) is 0 Å². The molecule has 1 saturated heterocycles. The van der Waals surface area contributed by atoms with Crippen molar-refractivity contribution in [3.05, 3.63) is 29.6 Å². The van der Waals surface area contributed by atoms with E-state index >= 15 is 0 Å². The quantitative estimate of drug-likeness (QED) is 0.898. The van der Waals surface area contributed by atoms with Crippen LogP contribution in [-0.4, -0.2) is 46.8 Å². The molecule has 2 rings (SSSR count). The number of hydrogen-bond acceptors (Lipinski definition) is 4.